The van der Waals surface area contributed by atoms with E-state index in [2.05, 4.69) is 17.0 Å². The Morgan fingerprint density at radius 2 is 2.00 bits per heavy atom. The first kappa shape index (κ1) is 15.5. The fourth-order valence-electron chi connectivity index (χ4n) is 1.62. The van der Waals surface area contributed by atoms with E-state index in [1.165, 1.54) is 6.07 Å². The second kappa shape index (κ2) is 7.13. The highest BCUT2D eigenvalue weighted by Gasteiger charge is 2.07. The summed E-state index contributed by atoms with van der Waals surface area (Å²) in [6.45, 7) is 2.73. The average molecular weight is 284 g/mol. The van der Waals surface area contributed by atoms with Gasteiger partial charge in [-0.15, -0.1) is 0 Å². The van der Waals surface area contributed by atoms with Crippen molar-refractivity contribution in [2.45, 2.75) is 26.2 Å². The molecule has 0 atom stereocenters. The monoisotopic (exact) mass is 284 g/mol. The highest BCUT2D eigenvalue weighted by Crippen LogP contribution is 2.11. The van der Waals surface area contributed by atoms with Crippen LogP contribution in [0.5, 0.6) is 0 Å². The molecule has 106 valence electrons. The molecule has 0 aliphatic carbocycles. The van der Waals surface area contributed by atoms with Crippen LogP contribution in [-0.2, 0) is 10.0 Å². The van der Waals surface area contributed by atoms with Crippen LogP contribution < -0.4 is 10.0 Å². The van der Waals surface area contributed by atoms with E-state index in [4.69, 9.17) is 0 Å². The number of amides is 1. The van der Waals surface area contributed by atoms with Crippen molar-refractivity contribution in [1.82, 2.24) is 5.32 Å². The van der Waals surface area contributed by atoms with E-state index in [1.807, 2.05) is 0 Å². The molecule has 1 rings (SSSR count). The van der Waals surface area contributed by atoms with E-state index < -0.39 is 10.0 Å². The predicted octanol–water partition coefficient (Wildman–Crippen LogP) is 1.98. The van der Waals surface area contributed by atoms with Gasteiger partial charge in [0.2, 0.25) is 10.0 Å². The van der Waals surface area contributed by atoms with Gasteiger partial charge in [-0.25, -0.2) is 8.42 Å². The lowest BCUT2D eigenvalue weighted by molar-refractivity contribution is 0.0953. The fourth-order valence-corrected chi connectivity index (χ4v) is 2.17. The van der Waals surface area contributed by atoms with Gasteiger partial charge < -0.3 is 5.32 Å². The number of hydrogen-bond acceptors (Lipinski definition) is 3. The number of hydrogen-bond donors (Lipinski definition) is 2. The molecule has 0 radical (unpaired) electrons. The summed E-state index contributed by atoms with van der Waals surface area (Å²) < 4.78 is 24.6. The standard InChI is InChI=1S/C13H20N2O3S/c1-3-4-5-9-14-13(16)11-7-6-8-12(10-11)15-19(2,17)18/h6-8,10,15H,3-5,9H2,1-2H3,(H,14,16). The minimum Gasteiger partial charge on any atom is -0.352 e. The number of unbranched alkanes of at least 4 members (excludes halogenated alkanes) is 2. The van der Waals surface area contributed by atoms with Crippen LogP contribution in [0, 0.1) is 0 Å². The molecule has 1 aromatic carbocycles. The Kier molecular flexibility index (Phi) is 5.82. The molecule has 0 fully saturated rings. The highest BCUT2D eigenvalue weighted by atomic mass is 32.2. The number of rotatable bonds is 7. The maximum absolute atomic E-state index is 11.8. The van der Waals surface area contributed by atoms with Gasteiger partial charge in [-0.1, -0.05) is 25.8 Å². The first-order valence-corrected chi connectivity index (χ1v) is 8.17. The number of sulfonamides is 1. The number of anilines is 1. The summed E-state index contributed by atoms with van der Waals surface area (Å²) in [4.78, 5) is 11.8. The summed E-state index contributed by atoms with van der Waals surface area (Å²) in [6.07, 6.45) is 4.20. The van der Waals surface area contributed by atoms with Crippen LogP contribution in [0.3, 0.4) is 0 Å². The second-order valence-electron chi connectivity index (χ2n) is 4.42. The maximum atomic E-state index is 11.8. The lowest BCUT2D eigenvalue weighted by atomic mass is 10.2. The molecule has 0 saturated carbocycles. The molecule has 0 heterocycles. The van der Waals surface area contributed by atoms with E-state index in [9.17, 15) is 13.2 Å². The molecule has 5 nitrogen and oxygen atoms in total. The second-order valence-corrected chi connectivity index (χ2v) is 6.17. The largest absolute Gasteiger partial charge is 0.352 e. The molecular weight excluding hydrogens is 264 g/mol. The molecule has 1 amide bonds. The zero-order valence-electron chi connectivity index (χ0n) is 11.3. The van der Waals surface area contributed by atoms with Crippen LogP contribution in [0.4, 0.5) is 5.69 Å². The van der Waals surface area contributed by atoms with Gasteiger partial charge in [0.05, 0.1) is 6.26 Å². The highest BCUT2D eigenvalue weighted by molar-refractivity contribution is 7.92. The zero-order valence-corrected chi connectivity index (χ0v) is 12.1. The lowest BCUT2D eigenvalue weighted by Crippen LogP contribution is -2.24. The number of carbonyl (C=O) groups excluding carboxylic acids is 1. The predicted molar refractivity (Wildman–Crippen MR) is 76.8 cm³/mol. The Morgan fingerprint density at radius 3 is 2.63 bits per heavy atom. The zero-order chi connectivity index (χ0) is 14.3. The van der Waals surface area contributed by atoms with Crippen molar-refractivity contribution >= 4 is 21.6 Å². The van der Waals surface area contributed by atoms with Gasteiger partial charge in [0.1, 0.15) is 0 Å². The van der Waals surface area contributed by atoms with Crippen LogP contribution in [0.1, 0.15) is 36.5 Å². The van der Waals surface area contributed by atoms with E-state index in [0.717, 1.165) is 25.5 Å². The number of carbonyl (C=O) groups is 1. The van der Waals surface area contributed by atoms with Crippen molar-refractivity contribution in [2.24, 2.45) is 0 Å². The van der Waals surface area contributed by atoms with Gasteiger partial charge in [-0.3, -0.25) is 9.52 Å². The van der Waals surface area contributed by atoms with Crippen molar-refractivity contribution < 1.29 is 13.2 Å². The van der Waals surface area contributed by atoms with Gasteiger partial charge in [0.15, 0.2) is 0 Å². The van der Waals surface area contributed by atoms with E-state index >= 15 is 0 Å². The lowest BCUT2D eigenvalue weighted by Gasteiger charge is -2.07. The van der Waals surface area contributed by atoms with Crippen LogP contribution in [-0.4, -0.2) is 27.1 Å². The number of nitrogens with one attached hydrogen (secondary N) is 2. The summed E-state index contributed by atoms with van der Waals surface area (Å²) in [5.74, 6) is -0.187. The average Bonchev–Trinajstić information content (AvgIpc) is 2.32. The summed E-state index contributed by atoms with van der Waals surface area (Å²) in [5, 5.41) is 2.81. The first-order chi connectivity index (χ1) is 8.92. The minimum atomic E-state index is -3.33. The molecule has 0 spiro atoms. The molecule has 19 heavy (non-hydrogen) atoms. The first-order valence-electron chi connectivity index (χ1n) is 6.28. The molecule has 0 saturated heterocycles. The molecule has 0 unspecified atom stereocenters. The third kappa shape index (κ3) is 6.24. The smallest absolute Gasteiger partial charge is 0.251 e. The van der Waals surface area contributed by atoms with E-state index in [-0.39, 0.29) is 5.91 Å². The molecule has 0 aliphatic rings. The van der Waals surface area contributed by atoms with Crippen molar-refractivity contribution in [3.05, 3.63) is 29.8 Å². The Morgan fingerprint density at radius 1 is 1.26 bits per heavy atom. The van der Waals surface area contributed by atoms with Gasteiger partial charge in [0.25, 0.3) is 5.91 Å². The fraction of sp³-hybridized carbons (Fsp3) is 0.462. The van der Waals surface area contributed by atoms with Crippen molar-refractivity contribution in [3.63, 3.8) is 0 Å². The molecular formula is C13H20N2O3S. The normalized spacial score (nSPS) is 11.1. The van der Waals surface area contributed by atoms with Crippen LogP contribution in [0.2, 0.25) is 0 Å². The van der Waals surface area contributed by atoms with Gasteiger partial charge in [-0.05, 0) is 24.6 Å². The quantitative estimate of drug-likeness (QED) is 0.752. The third-order valence-corrected chi connectivity index (χ3v) is 3.10. The van der Waals surface area contributed by atoms with E-state index in [0.29, 0.717) is 17.8 Å². The third-order valence-electron chi connectivity index (χ3n) is 2.49. The Balaban J connectivity index is 2.63. The Bertz CT molecular complexity index is 526. The van der Waals surface area contributed by atoms with E-state index in [1.54, 1.807) is 18.2 Å². The van der Waals surface area contributed by atoms with Crippen LogP contribution in [0.15, 0.2) is 24.3 Å². The van der Waals surface area contributed by atoms with Crippen molar-refractivity contribution in [2.75, 3.05) is 17.5 Å². The summed E-state index contributed by atoms with van der Waals surface area (Å²) in [5.41, 5.74) is 0.842. The van der Waals surface area contributed by atoms with Gasteiger partial charge >= 0.3 is 0 Å². The molecule has 2 N–H and O–H groups in total. The Labute approximate surface area is 114 Å². The topological polar surface area (TPSA) is 75.3 Å². The SMILES string of the molecule is CCCCCNC(=O)c1cccc(NS(C)(=O)=O)c1. The summed E-state index contributed by atoms with van der Waals surface area (Å²) >= 11 is 0. The van der Waals surface area contributed by atoms with Gasteiger partial charge in [-0.2, -0.15) is 0 Å². The molecule has 0 aromatic heterocycles. The van der Waals surface area contributed by atoms with Crippen molar-refractivity contribution in [1.29, 1.82) is 0 Å². The van der Waals surface area contributed by atoms with Crippen LogP contribution >= 0.6 is 0 Å². The minimum absolute atomic E-state index is 0.187. The molecule has 0 aliphatic heterocycles. The molecule has 0 bridgehead atoms. The summed E-state index contributed by atoms with van der Waals surface area (Å²) in [7, 11) is -3.33. The molecule has 1 aromatic rings. The number of benzene rings is 1. The summed E-state index contributed by atoms with van der Waals surface area (Å²) in [6, 6.07) is 6.43. The van der Waals surface area contributed by atoms with Gasteiger partial charge in [0, 0.05) is 17.8 Å². The Hall–Kier alpha value is -1.56. The molecule has 6 heteroatoms. The van der Waals surface area contributed by atoms with Crippen LogP contribution in [0.25, 0.3) is 0 Å². The maximum Gasteiger partial charge on any atom is 0.251 e. The van der Waals surface area contributed by atoms with Crippen molar-refractivity contribution in [3.8, 4) is 0 Å².